The van der Waals surface area contributed by atoms with Crippen molar-refractivity contribution < 1.29 is 13.9 Å². The molecule has 0 saturated heterocycles. The standard InChI is InChI=1S/C12H14FNO2/c13-11-8-10(4-6-14-11)12(15)16-7-5-9-2-1-3-9/h4,6,8-9H,1-3,5,7H2. The molecule has 86 valence electrons. The van der Waals surface area contributed by atoms with Crippen molar-refractivity contribution in [3.8, 4) is 0 Å². The monoisotopic (exact) mass is 223 g/mol. The molecule has 0 spiro atoms. The number of nitrogens with zero attached hydrogens (tertiary/aromatic N) is 1. The molecule has 0 atom stereocenters. The first-order valence-corrected chi connectivity index (χ1v) is 5.54. The van der Waals surface area contributed by atoms with E-state index in [1.807, 2.05) is 0 Å². The number of ether oxygens (including phenoxy) is 1. The number of carbonyl (C=O) groups excluding carboxylic acids is 1. The molecule has 0 bridgehead atoms. The number of rotatable bonds is 4. The van der Waals surface area contributed by atoms with Crippen LogP contribution in [-0.2, 0) is 4.74 Å². The Kier molecular flexibility index (Phi) is 3.49. The van der Waals surface area contributed by atoms with Crippen molar-refractivity contribution in [2.24, 2.45) is 5.92 Å². The lowest BCUT2D eigenvalue weighted by Crippen LogP contribution is -2.15. The summed E-state index contributed by atoms with van der Waals surface area (Å²) in [6, 6.07) is 2.54. The summed E-state index contributed by atoms with van der Waals surface area (Å²) in [5, 5.41) is 0. The Morgan fingerprint density at radius 2 is 2.38 bits per heavy atom. The Morgan fingerprint density at radius 3 is 3.00 bits per heavy atom. The zero-order valence-electron chi connectivity index (χ0n) is 8.99. The molecule has 16 heavy (non-hydrogen) atoms. The lowest BCUT2D eigenvalue weighted by molar-refractivity contribution is 0.0463. The normalized spacial score (nSPS) is 15.6. The van der Waals surface area contributed by atoms with E-state index >= 15 is 0 Å². The van der Waals surface area contributed by atoms with Gasteiger partial charge in [0.2, 0.25) is 5.95 Å². The van der Waals surface area contributed by atoms with Gasteiger partial charge in [0, 0.05) is 12.3 Å². The molecular formula is C12H14FNO2. The summed E-state index contributed by atoms with van der Waals surface area (Å²) >= 11 is 0. The third-order valence-corrected chi connectivity index (χ3v) is 2.95. The lowest BCUT2D eigenvalue weighted by Gasteiger charge is -2.24. The maximum Gasteiger partial charge on any atom is 0.338 e. The molecule has 0 aromatic carbocycles. The third-order valence-electron chi connectivity index (χ3n) is 2.95. The van der Waals surface area contributed by atoms with Crippen LogP contribution >= 0.6 is 0 Å². The highest BCUT2D eigenvalue weighted by Gasteiger charge is 2.17. The van der Waals surface area contributed by atoms with Crippen LogP contribution in [0.3, 0.4) is 0 Å². The predicted octanol–water partition coefficient (Wildman–Crippen LogP) is 2.57. The summed E-state index contributed by atoms with van der Waals surface area (Å²) in [5.74, 6) is -0.420. The van der Waals surface area contributed by atoms with Crippen LogP contribution in [0.15, 0.2) is 18.3 Å². The summed E-state index contributed by atoms with van der Waals surface area (Å²) in [5.41, 5.74) is 0.223. The van der Waals surface area contributed by atoms with Crippen molar-refractivity contribution in [3.63, 3.8) is 0 Å². The van der Waals surface area contributed by atoms with Gasteiger partial charge in [0.1, 0.15) is 0 Å². The molecule has 1 aromatic heterocycles. The van der Waals surface area contributed by atoms with E-state index < -0.39 is 11.9 Å². The molecule has 1 heterocycles. The van der Waals surface area contributed by atoms with E-state index in [9.17, 15) is 9.18 Å². The minimum Gasteiger partial charge on any atom is -0.462 e. The fourth-order valence-electron chi connectivity index (χ4n) is 1.71. The Labute approximate surface area is 93.6 Å². The van der Waals surface area contributed by atoms with E-state index in [1.54, 1.807) is 0 Å². The van der Waals surface area contributed by atoms with Crippen LogP contribution in [0.5, 0.6) is 0 Å². The largest absolute Gasteiger partial charge is 0.462 e. The van der Waals surface area contributed by atoms with E-state index in [-0.39, 0.29) is 5.56 Å². The Bertz CT molecular complexity index is 377. The predicted molar refractivity (Wildman–Crippen MR) is 56.4 cm³/mol. The van der Waals surface area contributed by atoms with E-state index in [1.165, 1.54) is 31.5 Å². The number of pyridine rings is 1. The maximum atomic E-state index is 12.7. The van der Waals surface area contributed by atoms with Gasteiger partial charge in [0.05, 0.1) is 12.2 Å². The van der Waals surface area contributed by atoms with Crippen LogP contribution in [0.25, 0.3) is 0 Å². The van der Waals surface area contributed by atoms with Crippen LogP contribution in [0.4, 0.5) is 4.39 Å². The minimum absolute atomic E-state index is 0.223. The highest BCUT2D eigenvalue weighted by atomic mass is 19.1. The number of carbonyl (C=O) groups is 1. The SMILES string of the molecule is O=C(OCCC1CCC1)c1ccnc(F)c1. The quantitative estimate of drug-likeness (QED) is 0.581. The van der Waals surface area contributed by atoms with Crippen molar-refractivity contribution in [2.75, 3.05) is 6.61 Å². The van der Waals surface area contributed by atoms with Crippen LogP contribution in [-0.4, -0.2) is 17.6 Å². The molecule has 1 fully saturated rings. The van der Waals surface area contributed by atoms with E-state index in [2.05, 4.69) is 4.98 Å². The first kappa shape index (κ1) is 11.0. The first-order chi connectivity index (χ1) is 7.75. The molecule has 1 aliphatic carbocycles. The number of hydrogen-bond acceptors (Lipinski definition) is 3. The van der Waals surface area contributed by atoms with E-state index in [0.717, 1.165) is 12.5 Å². The second-order valence-corrected chi connectivity index (χ2v) is 4.09. The van der Waals surface area contributed by atoms with Gasteiger partial charge in [-0.15, -0.1) is 0 Å². The Balaban J connectivity index is 1.78. The lowest BCUT2D eigenvalue weighted by atomic mass is 9.83. The van der Waals surface area contributed by atoms with Crippen molar-refractivity contribution in [2.45, 2.75) is 25.7 Å². The van der Waals surface area contributed by atoms with Crippen molar-refractivity contribution in [1.29, 1.82) is 0 Å². The Hall–Kier alpha value is -1.45. The molecule has 3 nitrogen and oxygen atoms in total. The van der Waals surface area contributed by atoms with Crippen molar-refractivity contribution >= 4 is 5.97 Å². The Morgan fingerprint density at radius 1 is 1.56 bits per heavy atom. The van der Waals surface area contributed by atoms with E-state index in [4.69, 9.17) is 4.74 Å². The summed E-state index contributed by atoms with van der Waals surface area (Å²) in [7, 11) is 0. The van der Waals surface area contributed by atoms with Gasteiger partial charge in [0.15, 0.2) is 0 Å². The molecule has 0 radical (unpaired) electrons. The fourth-order valence-corrected chi connectivity index (χ4v) is 1.71. The number of hydrogen-bond donors (Lipinski definition) is 0. The molecule has 0 N–H and O–H groups in total. The van der Waals surface area contributed by atoms with Crippen LogP contribution in [0.1, 0.15) is 36.0 Å². The zero-order chi connectivity index (χ0) is 11.4. The van der Waals surface area contributed by atoms with Crippen LogP contribution < -0.4 is 0 Å². The average molecular weight is 223 g/mol. The summed E-state index contributed by atoms with van der Waals surface area (Å²) < 4.78 is 17.8. The minimum atomic E-state index is -0.659. The molecule has 0 aliphatic heterocycles. The van der Waals surface area contributed by atoms with E-state index in [0.29, 0.717) is 12.5 Å². The summed E-state index contributed by atoms with van der Waals surface area (Å²) in [4.78, 5) is 14.8. The van der Waals surface area contributed by atoms with Gasteiger partial charge in [0.25, 0.3) is 0 Å². The topological polar surface area (TPSA) is 39.2 Å². The van der Waals surface area contributed by atoms with Gasteiger partial charge in [-0.05, 0) is 18.4 Å². The second kappa shape index (κ2) is 5.05. The van der Waals surface area contributed by atoms with Gasteiger partial charge >= 0.3 is 5.97 Å². The summed E-state index contributed by atoms with van der Waals surface area (Å²) in [6.45, 7) is 0.424. The van der Waals surface area contributed by atoms with Crippen molar-refractivity contribution in [1.82, 2.24) is 4.98 Å². The summed E-state index contributed by atoms with van der Waals surface area (Å²) in [6.07, 6.45) is 5.94. The molecule has 1 aliphatic rings. The van der Waals surface area contributed by atoms with Gasteiger partial charge in [-0.1, -0.05) is 19.3 Å². The number of esters is 1. The maximum absolute atomic E-state index is 12.7. The fraction of sp³-hybridized carbons (Fsp3) is 0.500. The van der Waals surface area contributed by atoms with Gasteiger partial charge < -0.3 is 4.74 Å². The molecule has 2 rings (SSSR count). The average Bonchev–Trinajstić information content (AvgIpc) is 2.21. The van der Waals surface area contributed by atoms with Gasteiger partial charge in [-0.3, -0.25) is 0 Å². The van der Waals surface area contributed by atoms with Crippen LogP contribution in [0.2, 0.25) is 0 Å². The molecule has 0 unspecified atom stereocenters. The van der Waals surface area contributed by atoms with Crippen molar-refractivity contribution in [3.05, 3.63) is 29.8 Å². The molecule has 0 amide bonds. The smallest absolute Gasteiger partial charge is 0.338 e. The zero-order valence-corrected chi connectivity index (χ0v) is 8.99. The second-order valence-electron chi connectivity index (χ2n) is 4.09. The highest BCUT2D eigenvalue weighted by molar-refractivity contribution is 5.89. The number of halogens is 1. The molecule has 1 aromatic rings. The number of aromatic nitrogens is 1. The van der Waals surface area contributed by atoms with Gasteiger partial charge in [-0.25, -0.2) is 9.78 Å². The van der Waals surface area contributed by atoms with Gasteiger partial charge in [-0.2, -0.15) is 4.39 Å². The molecule has 4 heteroatoms. The third kappa shape index (κ3) is 2.78. The molecular weight excluding hydrogens is 209 g/mol. The highest BCUT2D eigenvalue weighted by Crippen LogP contribution is 2.29. The van der Waals surface area contributed by atoms with Crippen LogP contribution in [0, 0.1) is 11.9 Å². The molecule has 1 saturated carbocycles. The first-order valence-electron chi connectivity index (χ1n) is 5.54.